The number of aryl methyl sites for hydroxylation is 3. The Morgan fingerprint density at radius 3 is 2.48 bits per heavy atom. The van der Waals surface area contributed by atoms with E-state index in [-0.39, 0.29) is 18.9 Å². The van der Waals surface area contributed by atoms with E-state index in [1.165, 1.54) is 0 Å². The number of carbonyl (C=O) groups is 3. The molecular weight excluding hydrogens is 392 g/mol. The van der Waals surface area contributed by atoms with Crippen LogP contribution in [0.15, 0.2) is 36.4 Å². The lowest BCUT2D eigenvalue weighted by Crippen LogP contribution is -2.28. The first-order valence-electron chi connectivity index (χ1n) is 9.34. The third-order valence-electron chi connectivity index (χ3n) is 4.78. The van der Waals surface area contributed by atoms with Crippen LogP contribution in [0.1, 0.15) is 23.1 Å². The van der Waals surface area contributed by atoms with Gasteiger partial charge in [-0.15, -0.1) is 0 Å². The summed E-state index contributed by atoms with van der Waals surface area (Å²) < 4.78 is 5.13. The average molecular weight is 415 g/mol. The highest BCUT2D eigenvalue weighted by atomic mass is 35.5. The molecule has 2 aromatic rings. The zero-order valence-electron chi connectivity index (χ0n) is 16.6. The fourth-order valence-electron chi connectivity index (χ4n) is 3.34. The number of ether oxygens (including phenoxy) is 1. The Morgan fingerprint density at radius 2 is 1.83 bits per heavy atom. The summed E-state index contributed by atoms with van der Waals surface area (Å²) in [6, 6.07) is 11.0. The molecule has 6 nitrogen and oxygen atoms in total. The maximum Gasteiger partial charge on any atom is 0.311 e. The van der Waals surface area contributed by atoms with Crippen molar-refractivity contribution in [3.8, 4) is 0 Å². The fraction of sp³-hybridized carbons (Fsp3) is 0.318. The number of amides is 2. The monoisotopic (exact) mass is 414 g/mol. The molecule has 1 aliphatic heterocycles. The van der Waals surface area contributed by atoms with E-state index >= 15 is 0 Å². The van der Waals surface area contributed by atoms with Gasteiger partial charge in [0.1, 0.15) is 0 Å². The first-order chi connectivity index (χ1) is 13.7. The maximum atomic E-state index is 12.4. The van der Waals surface area contributed by atoms with Crippen LogP contribution in [0.25, 0.3) is 0 Å². The van der Waals surface area contributed by atoms with Crippen LogP contribution in [0, 0.1) is 26.7 Å². The molecule has 1 heterocycles. The van der Waals surface area contributed by atoms with Crippen molar-refractivity contribution in [1.82, 2.24) is 0 Å². The fourth-order valence-corrected chi connectivity index (χ4v) is 3.52. The minimum Gasteiger partial charge on any atom is -0.455 e. The normalized spacial score (nSPS) is 16.1. The standard InChI is InChI=1S/C22H23ClN2O4/c1-13-6-14(2)8-18(7-13)25-11-16(9-21(25)27)22(28)29-12-20(26)24-17-5-4-15(3)19(23)10-17/h4-8,10,16H,9,11-12H2,1-3H3,(H,24,26)/t16-/m0/s1. The van der Waals surface area contributed by atoms with Crippen molar-refractivity contribution in [1.29, 1.82) is 0 Å². The van der Waals surface area contributed by atoms with Crippen molar-refractivity contribution in [3.05, 3.63) is 58.1 Å². The van der Waals surface area contributed by atoms with Crippen LogP contribution >= 0.6 is 11.6 Å². The molecule has 0 aromatic heterocycles. The molecule has 29 heavy (non-hydrogen) atoms. The summed E-state index contributed by atoms with van der Waals surface area (Å²) >= 11 is 6.03. The molecule has 2 amide bonds. The lowest BCUT2D eigenvalue weighted by atomic mass is 10.1. The topological polar surface area (TPSA) is 75.7 Å². The number of nitrogens with zero attached hydrogens (tertiary/aromatic N) is 1. The van der Waals surface area contributed by atoms with Gasteiger partial charge < -0.3 is 15.0 Å². The molecular formula is C22H23ClN2O4. The first-order valence-corrected chi connectivity index (χ1v) is 9.72. The number of halogens is 1. The molecule has 1 aliphatic rings. The van der Waals surface area contributed by atoms with Crippen molar-refractivity contribution in [2.45, 2.75) is 27.2 Å². The van der Waals surface area contributed by atoms with Crippen LogP contribution in [0.4, 0.5) is 11.4 Å². The molecule has 2 aromatic carbocycles. The Hall–Kier alpha value is -2.86. The molecule has 152 valence electrons. The SMILES string of the molecule is Cc1cc(C)cc(N2C[C@@H](C(=O)OCC(=O)Nc3ccc(C)c(Cl)c3)CC2=O)c1. The van der Waals surface area contributed by atoms with Crippen LogP contribution in [-0.4, -0.2) is 30.9 Å². The molecule has 1 saturated heterocycles. The molecule has 1 N–H and O–H groups in total. The van der Waals surface area contributed by atoms with E-state index in [1.54, 1.807) is 23.1 Å². The van der Waals surface area contributed by atoms with E-state index in [1.807, 2.05) is 39.0 Å². The van der Waals surface area contributed by atoms with Crippen LogP contribution in [0.2, 0.25) is 5.02 Å². The number of esters is 1. The van der Waals surface area contributed by atoms with Crippen LogP contribution in [0.3, 0.4) is 0 Å². The number of nitrogens with one attached hydrogen (secondary N) is 1. The maximum absolute atomic E-state index is 12.4. The first kappa shape index (κ1) is 20.9. The number of carbonyl (C=O) groups excluding carboxylic acids is 3. The van der Waals surface area contributed by atoms with E-state index in [0.29, 0.717) is 10.7 Å². The van der Waals surface area contributed by atoms with Gasteiger partial charge >= 0.3 is 5.97 Å². The molecule has 3 rings (SSSR count). The van der Waals surface area contributed by atoms with Gasteiger partial charge in [0.05, 0.1) is 5.92 Å². The van der Waals surface area contributed by atoms with Crippen LogP contribution in [0.5, 0.6) is 0 Å². The van der Waals surface area contributed by atoms with E-state index in [0.717, 1.165) is 22.4 Å². The highest BCUT2D eigenvalue weighted by Crippen LogP contribution is 2.27. The van der Waals surface area contributed by atoms with Crippen molar-refractivity contribution >= 4 is 40.8 Å². The molecule has 1 atom stereocenters. The van der Waals surface area contributed by atoms with Gasteiger partial charge in [0.25, 0.3) is 5.91 Å². The molecule has 0 spiro atoms. The minimum atomic E-state index is -0.593. The van der Waals surface area contributed by atoms with E-state index in [2.05, 4.69) is 5.32 Å². The van der Waals surface area contributed by atoms with Gasteiger partial charge in [0.2, 0.25) is 5.91 Å². The quantitative estimate of drug-likeness (QED) is 0.755. The second kappa shape index (κ2) is 8.66. The second-order valence-corrected chi connectivity index (χ2v) is 7.78. The number of anilines is 2. The van der Waals surface area contributed by atoms with Gasteiger partial charge in [-0.25, -0.2) is 0 Å². The number of hydrogen-bond donors (Lipinski definition) is 1. The molecule has 7 heteroatoms. The summed E-state index contributed by atoms with van der Waals surface area (Å²) in [4.78, 5) is 38.4. The summed E-state index contributed by atoms with van der Waals surface area (Å²) in [5.74, 6) is -1.74. The Morgan fingerprint density at radius 1 is 1.14 bits per heavy atom. The minimum absolute atomic E-state index is 0.0704. The lowest BCUT2D eigenvalue weighted by molar-refractivity contribution is -0.151. The zero-order valence-corrected chi connectivity index (χ0v) is 17.4. The van der Waals surface area contributed by atoms with Gasteiger partial charge in [0.15, 0.2) is 6.61 Å². The van der Waals surface area contributed by atoms with Gasteiger partial charge in [0, 0.05) is 29.4 Å². The van der Waals surface area contributed by atoms with E-state index in [4.69, 9.17) is 16.3 Å². The number of benzene rings is 2. The molecule has 0 radical (unpaired) electrons. The predicted octanol–water partition coefficient (Wildman–Crippen LogP) is 3.80. The number of hydrogen-bond acceptors (Lipinski definition) is 4. The molecule has 0 saturated carbocycles. The third-order valence-corrected chi connectivity index (χ3v) is 5.18. The van der Waals surface area contributed by atoms with Crippen LogP contribution < -0.4 is 10.2 Å². The molecule has 0 aliphatic carbocycles. The molecule has 0 unspecified atom stereocenters. The number of rotatable bonds is 5. The predicted molar refractivity (Wildman–Crippen MR) is 112 cm³/mol. The van der Waals surface area contributed by atoms with Crippen molar-refractivity contribution in [2.24, 2.45) is 5.92 Å². The summed E-state index contributed by atoms with van der Waals surface area (Å²) in [6.07, 6.45) is 0.0704. The molecule has 0 bridgehead atoms. The van der Waals surface area contributed by atoms with Gasteiger partial charge in [-0.3, -0.25) is 14.4 Å². The highest BCUT2D eigenvalue weighted by molar-refractivity contribution is 6.31. The smallest absolute Gasteiger partial charge is 0.311 e. The van der Waals surface area contributed by atoms with E-state index < -0.39 is 24.4 Å². The van der Waals surface area contributed by atoms with Gasteiger partial charge in [-0.2, -0.15) is 0 Å². The van der Waals surface area contributed by atoms with Crippen LogP contribution in [-0.2, 0) is 19.1 Å². The lowest BCUT2D eigenvalue weighted by Gasteiger charge is -2.18. The van der Waals surface area contributed by atoms with E-state index in [9.17, 15) is 14.4 Å². The third kappa shape index (κ3) is 5.15. The Bertz CT molecular complexity index is 953. The Labute approximate surface area is 174 Å². The van der Waals surface area contributed by atoms with Crippen molar-refractivity contribution in [3.63, 3.8) is 0 Å². The summed E-state index contributed by atoms with van der Waals surface area (Å²) in [7, 11) is 0. The molecule has 1 fully saturated rings. The zero-order chi connectivity index (χ0) is 21.1. The van der Waals surface area contributed by atoms with Crippen molar-refractivity contribution < 1.29 is 19.1 Å². The highest BCUT2D eigenvalue weighted by Gasteiger charge is 2.36. The summed E-state index contributed by atoms with van der Waals surface area (Å²) in [5, 5.41) is 3.17. The summed E-state index contributed by atoms with van der Waals surface area (Å²) in [5.41, 5.74) is 4.30. The Balaban J connectivity index is 1.55. The second-order valence-electron chi connectivity index (χ2n) is 7.37. The Kier molecular flexibility index (Phi) is 6.23. The largest absolute Gasteiger partial charge is 0.455 e. The summed E-state index contributed by atoms with van der Waals surface area (Å²) in [6.45, 7) is 5.61. The van der Waals surface area contributed by atoms with Crippen molar-refractivity contribution in [2.75, 3.05) is 23.4 Å². The average Bonchev–Trinajstić information content (AvgIpc) is 3.04. The van der Waals surface area contributed by atoms with Gasteiger partial charge in [-0.1, -0.05) is 23.7 Å². The van der Waals surface area contributed by atoms with Gasteiger partial charge in [-0.05, 0) is 61.7 Å².